The molecule has 1 amide bonds. The molecule has 3 rings (SSSR count). The van der Waals surface area contributed by atoms with Gasteiger partial charge in [-0.2, -0.15) is 0 Å². The number of aryl methyl sites for hydroxylation is 2. The van der Waals surface area contributed by atoms with Crippen LogP contribution in [0.1, 0.15) is 49.3 Å². The van der Waals surface area contributed by atoms with Crippen molar-refractivity contribution in [3.8, 4) is 0 Å². The highest BCUT2D eigenvalue weighted by atomic mass is 35.5. The predicted molar refractivity (Wildman–Crippen MR) is 105 cm³/mol. The lowest BCUT2D eigenvalue weighted by molar-refractivity contribution is -0.193. The maximum absolute atomic E-state index is 12.9. The van der Waals surface area contributed by atoms with E-state index in [0.717, 1.165) is 16.7 Å². The van der Waals surface area contributed by atoms with E-state index in [-0.39, 0.29) is 24.9 Å². The third kappa shape index (κ3) is 4.34. The Morgan fingerprint density at radius 3 is 2.21 bits per heavy atom. The first-order valence-electron chi connectivity index (χ1n) is 9.81. The Balaban J connectivity index is 1.75. The van der Waals surface area contributed by atoms with Crippen molar-refractivity contribution in [2.45, 2.75) is 64.2 Å². The highest BCUT2D eigenvalue weighted by Gasteiger charge is 2.51. The second-order valence-corrected chi connectivity index (χ2v) is 8.09. The van der Waals surface area contributed by atoms with Crippen molar-refractivity contribution >= 4 is 23.5 Å². The van der Waals surface area contributed by atoms with Crippen LogP contribution in [-0.2, 0) is 30.2 Å². The van der Waals surface area contributed by atoms with E-state index in [1.54, 1.807) is 6.92 Å². The Morgan fingerprint density at radius 2 is 1.68 bits per heavy atom. The molecule has 1 saturated carbocycles. The number of rotatable bonds is 5. The van der Waals surface area contributed by atoms with Crippen LogP contribution in [0.3, 0.4) is 0 Å². The van der Waals surface area contributed by atoms with E-state index in [1.165, 1.54) is 0 Å². The molecule has 28 heavy (non-hydrogen) atoms. The van der Waals surface area contributed by atoms with Gasteiger partial charge in [0.1, 0.15) is 5.54 Å². The largest absolute Gasteiger partial charge is 0.464 e. The van der Waals surface area contributed by atoms with E-state index in [2.05, 4.69) is 5.32 Å². The highest BCUT2D eigenvalue weighted by molar-refractivity contribution is 6.30. The maximum Gasteiger partial charge on any atom is 0.331 e. The molecule has 0 atom stereocenters. The predicted octanol–water partition coefficient (Wildman–Crippen LogP) is 3.23. The van der Waals surface area contributed by atoms with E-state index in [9.17, 15) is 9.59 Å². The van der Waals surface area contributed by atoms with Crippen LogP contribution < -0.4 is 5.32 Å². The quantitative estimate of drug-likeness (QED) is 0.756. The number of benzene rings is 1. The van der Waals surface area contributed by atoms with Gasteiger partial charge in [0.05, 0.1) is 26.2 Å². The first-order valence-corrected chi connectivity index (χ1v) is 10.2. The van der Waals surface area contributed by atoms with Crippen molar-refractivity contribution < 1.29 is 23.8 Å². The van der Waals surface area contributed by atoms with Crippen LogP contribution in [0.25, 0.3) is 0 Å². The zero-order valence-corrected chi connectivity index (χ0v) is 17.5. The third-order valence-electron chi connectivity index (χ3n) is 5.72. The lowest BCUT2D eigenvalue weighted by Gasteiger charge is -2.42. The number of amides is 1. The molecule has 1 aliphatic heterocycles. The molecular formula is C21H28ClNO5. The van der Waals surface area contributed by atoms with E-state index >= 15 is 0 Å². The van der Waals surface area contributed by atoms with E-state index < -0.39 is 11.3 Å². The molecule has 1 saturated heterocycles. The summed E-state index contributed by atoms with van der Waals surface area (Å²) < 4.78 is 16.8. The van der Waals surface area contributed by atoms with Crippen LogP contribution in [0.2, 0.25) is 5.02 Å². The Bertz CT molecular complexity index is 724. The minimum atomic E-state index is -1.04. The zero-order valence-electron chi connectivity index (χ0n) is 16.7. The van der Waals surface area contributed by atoms with Gasteiger partial charge < -0.3 is 19.5 Å². The number of halogens is 1. The van der Waals surface area contributed by atoms with Crippen LogP contribution >= 0.6 is 11.6 Å². The van der Waals surface area contributed by atoms with Crippen molar-refractivity contribution in [1.82, 2.24) is 5.32 Å². The first kappa shape index (κ1) is 21.1. The summed E-state index contributed by atoms with van der Waals surface area (Å²) in [5, 5.41) is 3.63. The molecular weight excluding hydrogens is 382 g/mol. The topological polar surface area (TPSA) is 73.9 Å². The van der Waals surface area contributed by atoms with E-state index in [4.69, 9.17) is 25.8 Å². The van der Waals surface area contributed by atoms with Crippen LogP contribution in [-0.4, -0.2) is 43.0 Å². The Kier molecular flexibility index (Phi) is 6.32. The number of nitrogens with one attached hydrogen (secondary N) is 1. The number of ether oxygens (including phenoxy) is 3. The average molecular weight is 410 g/mol. The summed E-state index contributed by atoms with van der Waals surface area (Å²) in [6.07, 6.45) is 2.14. The molecule has 7 heteroatoms. The van der Waals surface area contributed by atoms with E-state index in [1.807, 2.05) is 26.0 Å². The average Bonchev–Trinajstić information content (AvgIpc) is 3.09. The molecule has 1 N–H and O–H groups in total. The zero-order chi connectivity index (χ0) is 20.4. The molecule has 2 fully saturated rings. The fourth-order valence-electron chi connectivity index (χ4n) is 4.18. The summed E-state index contributed by atoms with van der Waals surface area (Å²) in [6.45, 7) is 7.02. The summed E-state index contributed by atoms with van der Waals surface area (Å²) in [7, 11) is 0. The molecule has 0 unspecified atom stereocenters. The van der Waals surface area contributed by atoms with Gasteiger partial charge in [0, 0.05) is 17.9 Å². The second kappa shape index (κ2) is 8.39. The summed E-state index contributed by atoms with van der Waals surface area (Å²) in [4.78, 5) is 25.6. The fraction of sp³-hybridized carbons (Fsp3) is 0.619. The van der Waals surface area contributed by atoms with Gasteiger partial charge in [-0.15, -0.1) is 0 Å². The molecule has 1 aromatic rings. The van der Waals surface area contributed by atoms with Crippen molar-refractivity contribution in [2.24, 2.45) is 0 Å². The number of carbonyl (C=O) groups is 2. The van der Waals surface area contributed by atoms with Crippen molar-refractivity contribution in [1.29, 1.82) is 0 Å². The van der Waals surface area contributed by atoms with Gasteiger partial charge in [0.15, 0.2) is 5.79 Å². The van der Waals surface area contributed by atoms with Crippen LogP contribution in [0.5, 0.6) is 0 Å². The van der Waals surface area contributed by atoms with Crippen LogP contribution in [0.15, 0.2) is 12.1 Å². The fourth-order valence-corrected chi connectivity index (χ4v) is 4.51. The Hall–Kier alpha value is -1.63. The molecule has 154 valence electrons. The molecule has 6 nitrogen and oxygen atoms in total. The summed E-state index contributed by atoms with van der Waals surface area (Å²) >= 11 is 6.09. The lowest BCUT2D eigenvalue weighted by Crippen LogP contribution is -2.59. The smallest absolute Gasteiger partial charge is 0.331 e. The van der Waals surface area contributed by atoms with E-state index in [0.29, 0.717) is 43.9 Å². The third-order valence-corrected chi connectivity index (χ3v) is 5.94. The van der Waals surface area contributed by atoms with Gasteiger partial charge >= 0.3 is 5.97 Å². The lowest BCUT2D eigenvalue weighted by atomic mass is 9.78. The van der Waals surface area contributed by atoms with Crippen molar-refractivity contribution in [3.05, 3.63) is 33.8 Å². The number of hydrogen-bond acceptors (Lipinski definition) is 5. The standard InChI is InChI=1S/C21H28ClNO5/c1-4-26-19(25)20(5-7-21(8-6-20)27-9-10-28-21)23-18(24)13-17-14(2)11-16(22)12-15(17)3/h11-12H,4-10,13H2,1-3H3,(H,23,24). The van der Waals surface area contributed by atoms with Crippen molar-refractivity contribution in [3.63, 3.8) is 0 Å². The number of hydrogen-bond donors (Lipinski definition) is 1. The number of esters is 1. The molecule has 1 aromatic carbocycles. The second-order valence-electron chi connectivity index (χ2n) is 7.65. The van der Waals surface area contributed by atoms with Gasteiger partial charge in [0.2, 0.25) is 5.91 Å². The molecule has 0 radical (unpaired) electrons. The number of carbonyl (C=O) groups excluding carboxylic acids is 2. The molecule has 2 aliphatic rings. The normalized spacial score (nSPS) is 20.1. The van der Waals surface area contributed by atoms with Gasteiger partial charge in [-0.1, -0.05) is 11.6 Å². The van der Waals surface area contributed by atoms with Gasteiger partial charge in [0.25, 0.3) is 0 Å². The molecule has 1 heterocycles. The summed E-state index contributed by atoms with van der Waals surface area (Å²) in [6, 6.07) is 3.69. The van der Waals surface area contributed by atoms with Crippen molar-refractivity contribution in [2.75, 3.05) is 19.8 Å². The van der Waals surface area contributed by atoms with Gasteiger partial charge in [-0.05, 0) is 62.4 Å². The van der Waals surface area contributed by atoms with Crippen LogP contribution in [0.4, 0.5) is 0 Å². The molecule has 0 bridgehead atoms. The first-order chi connectivity index (χ1) is 13.3. The molecule has 0 aromatic heterocycles. The van der Waals surface area contributed by atoms with Gasteiger partial charge in [-0.25, -0.2) is 4.79 Å². The minimum Gasteiger partial charge on any atom is -0.464 e. The molecule has 1 spiro atoms. The SMILES string of the molecule is CCOC(=O)C1(NC(=O)Cc2c(C)cc(Cl)cc2C)CCC2(CC1)OCCO2. The van der Waals surface area contributed by atoms with Gasteiger partial charge in [-0.3, -0.25) is 4.79 Å². The Morgan fingerprint density at radius 1 is 1.11 bits per heavy atom. The molecule has 1 aliphatic carbocycles. The summed E-state index contributed by atoms with van der Waals surface area (Å²) in [5.74, 6) is -1.21. The monoisotopic (exact) mass is 409 g/mol. The Labute approximate surface area is 170 Å². The minimum absolute atomic E-state index is 0.189. The summed E-state index contributed by atoms with van der Waals surface area (Å²) in [5.41, 5.74) is 1.80. The van der Waals surface area contributed by atoms with Crippen LogP contribution in [0, 0.1) is 13.8 Å². The highest BCUT2D eigenvalue weighted by Crippen LogP contribution is 2.41. The maximum atomic E-state index is 12.9.